The fourth-order valence-electron chi connectivity index (χ4n) is 2.29. The Morgan fingerprint density at radius 2 is 1.69 bits per heavy atom. The summed E-state index contributed by atoms with van der Waals surface area (Å²) in [6, 6.07) is 6.56. The molecule has 0 heterocycles. The predicted octanol–water partition coefficient (Wildman–Crippen LogP) is 4.24. The summed E-state index contributed by atoms with van der Waals surface area (Å²) in [4.78, 5) is 24.0. The van der Waals surface area contributed by atoms with Crippen molar-refractivity contribution in [3.8, 4) is 5.75 Å². The summed E-state index contributed by atoms with van der Waals surface area (Å²) in [6.45, 7) is 2.53. The van der Waals surface area contributed by atoms with Crippen molar-refractivity contribution in [3.63, 3.8) is 0 Å². The highest BCUT2D eigenvalue weighted by Gasteiger charge is 2.19. The lowest BCUT2D eigenvalue weighted by Crippen LogP contribution is -2.14. The van der Waals surface area contributed by atoms with Crippen molar-refractivity contribution >= 4 is 11.9 Å². The third-order valence-corrected chi connectivity index (χ3v) is 3.67. The molecule has 6 heteroatoms. The molecule has 0 N–H and O–H groups in total. The topological polar surface area (TPSA) is 71.1 Å². The lowest BCUT2D eigenvalue weighted by molar-refractivity contribution is -0.138. The maximum Gasteiger partial charge on any atom is 0.377 e. The van der Waals surface area contributed by atoms with Crippen LogP contribution in [0.2, 0.25) is 0 Å². The number of esters is 2. The highest BCUT2D eigenvalue weighted by molar-refractivity contribution is 5.93. The third kappa shape index (κ3) is 7.59. The molecule has 144 valence electrons. The van der Waals surface area contributed by atoms with E-state index < -0.39 is 11.9 Å². The van der Waals surface area contributed by atoms with Crippen LogP contribution in [0.25, 0.3) is 0 Å². The molecule has 0 aromatic heterocycles. The molecule has 0 aliphatic carbocycles. The van der Waals surface area contributed by atoms with E-state index in [2.05, 4.69) is 11.7 Å². The average Bonchev–Trinajstić information content (AvgIpc) is 2.66. The fourth-order valence-corrected chi connectivity index (χ4v) is 2.29. The van der Waals surface area contributed by atoms with Gasteiger partial charge in [-0.2, -0.15) is 0 Å². The Balaban J connectivity index is 2.63. The monoisotopic (exact) mass is 364 g/mol. The summed E-state index contributed by atoms with van der Waals surface area (Å²) in [5.74, 6) is -1.15. The van der Waals surface area contributed by atoms with Gasteiger partial charge in [0, 0.05) is 0 Å². The molecule has 1 aromatic carbocycles. The molecule has 0 spiro atoms. The number of para-hydroxylation sites is 1. The quantitative estimate of drug-likeness (QED) is 0.239. The van der Waals surface area contributed by atoms with Crippen LogP contribution in [0.4, 0.5) is 0 Å². The van der Waals surface area contributed by atoms with Crippen LogP contribution in [0.3, 0.4) is 0 Å². The van der Waals surface area contributed by atoms with Crippen molar-refractivity contribution in [2.45, 2.75) is 45.4 Å². The van der Waals surface area contributed by atoms with E-state index in [0.29, 0.717) is 6.61 Å². The maximum absolute atomic E-state index is 12.3. The van der Waals surface area contributed by atoms with E-state index in [9.17, 15) is 9.59 Å². The molecule has 0 aliphatic heterocycles. The van der Waals surface area contributed by atoms with Crippen LogP contribution in [-0.4, -0.2) is 32.8 Å². The Hall–Kier alpha value is -2.50. The first-order chi connectivity index (χ1) is 12.6. The molecule has 0 saturated heterocycles. The first-order valence-electron chi connectivity index (χ1n) is 8.89. The Bertz CT molecular complexity index is 594. The molecule has 0 bridgehead atoms. The third-order valence-electron chi connectivity index (χ3n) is 3.67. The summed E-state index contributed by atoms with van der Waals surface area (Å²) >= 11 is 0. The molecular formula is C20H28O6. The molecule has 0 unspecified atom stereocenters. The highest BCUT2D eigenvalue weighted by atomic mass is 16.6. The van der Waals surface area contributed by atoms with Crippen LogP contribution in [0.5, 0.6) is 5.75 Å². The number of methoxy groups -OCH3 is 2. The summed E-state index contributed by atoms with van der Waals surface area (Å²) in [5, 5.41) is 0. The number of hydrogen-bond acceptors (Lipinski definition) is 6. The number of carbonyl (C=O) groups excluding carboxylic acids is 2. The van der Waals surface area contributed by atoms with E-state index in [-0.39, 0.29) is 17.1 Å². The minimum atomic E-state index is -0.706. The van der Waals surface area contributed by atoms with Crippen molar-refractivity contribution in [2.24, 2.45) is 0 Å². The second-order valence-corrected chi connectivity index (χ2v) is 5.71. The Morgan fingerprint density at radius 3 is 2.38 bits per heavy atom. The normalized spacial score (nSPS) is 11.0. The van der Waals surface area contributed by atoms with E-state index in [1.54, 1.807) is 24.3 Å². The van der Waals surface area contributed by atoms with Crippen LogP contribution < -0.4 is 4.74 Å². The highest BCUT2D eigenvalue weighted by Crippen LogP contribution is 2.22. The number of benzene rings is 1. The summed E-state index contributed by atoms with van der Waals surface area (Å²) in [5.41, 5.74) is 0.240. The van der Waals surface area contributed by atoms with Gasteiger partial charge in [0.1, 0.15) is 17.6 Å². The smallest absolute Gasteiger partial charge is 0.377 e. The van der Waals surface area contributed by atoms with Gasteiger partial charge >= 0.3 is 11.9 Å². The standard InChI is InChI=1S/C20H28O6/c1-4-5-6-7-8-11-14-25-19(21)16-12-9-10-13-17(16)26-18(15-23-2)20(22)24-3/h9-10,12-13,15H,4-8,11,14H2,1-3H3. The molecule has 0 aliphatic rings. The van der Waals surface area contributed by atoms with Crippen molar-refractivity contribution in [1.29, 1.82) is 0 Å². The molecule has 1 rings (SSSR count). The molecule has 0 amide bonds. The van der Waals surface area contributed by atoms with Crippen molar-refractivity contribution in [1.82, 2.24) is 0 Å². The van der Waals surface area contributed by atoms with Crippen molar-refractivity contribution in [2.75, 3.05) is 20.8 Å². The van der Waals surface area contributed by atoms with Gasteiger partial charge in [0.2, 0.25) is 5.76 Å². The molecule has 26 heavy (non-hydrogen) atoms. The maximum atomic E-state index is 12.3. The largest absolute Gasteiger partial charge is 0.500 e. The molecular weight excluding hydrogens is 336 g/mol. The number of ether oxygens (including phenoxy) is 4. The zero-order valence-corrected chi connectivity index (χ0v) is 15.8. The molecule has 6 nitrogen and oxygen atoms in total. The van der Waals surface area contributed by atoms with Gasteiger partial charge in [-0.1, -0.05) is 51.2 Å². The minimum Gasteiger partial charge on any atom is -0.500 e. The zero-order chi connectivity index (χ0) is 19.2. The second-order valence-electron chi connectivity index (χ2n) is 5.71. The van der Waals surface area contributed by atoms with Gasteiger partial charge in [-0.3, -0.25) is 0 Å². The van der Waals surface area contributed by atoms with Gasteiger partial charge in [-0.05, 0) is 18.6 Å². The number of unbranched alkanes of at least 4 members (excludes halogenated alkanes) is 5. The molecule has 1 aromatic rings. The van der Waals surface area contributed by atoms with Gasteiger partial charge in [0.15, 0.2) is 0 Å². The average molecular weight is 364 g/mol. The van der Waals surface area contributed by atoms with Crippen molar-refractivity contribution < 1.29 is 28.5 Å². The number of hydrogen-bond donors (Lipinski definition) is 0. The van der Waals surface area contributed by atoms with E-state index in [4.69, 9.17) is 14.2 Å². The van der Waals surface area contributed by atoms with Crippen LogP contribution in [0, 0.1) is 0 Å². The van der Waals surface area contributed by atoms with Crippen LogP contribution >= 0.6 is 0 Å². The molecule has 0 radical (unpaired) electrons. The fraction of sp³-hybridized carbons (Fsp3) is 0.500. The predicted molar refractivity (Wildman–Crippen MR) is 97.8 cm³/mol. The van der Waals surface area contributed by atoms with E-state index in [1.807, 2.05) is 0 Å². The molecule has 0 fully saturated rings. The van der Waals surface area contributed by atoms with Crippen LogP contribution in [-0.2, 0) is 19.0 Å². The first-order valence-corrected chi connectivity index (χ1v) is 8.89. The Kier molecular flexibility index (Phi) is 10.6. The number of rotatable bonds is 12. The van der Waals surface area contributed by atoms with Gasteiger partial charge in [-0.25, -0.2) is 9.59 Å². The summed E-state index contributed by atoms with van der Waals surface area (Å²) in [7, 11) is 2.61. The van der Waals surface area contributed by atoms with Gasteiger partial charge in [0.05, 0.1) is 20.8 Å². The van der Waals surface area contributed by atoms with Crippen molar-refractivity contribution in [3.05, 3.63) is 41.9 Å². The van der Waals surface area contributed by atoms with Gasteiger partial charge in [0.25, 0.3) is 0 Å². The second kappa shape index (κ2) is 12.8. The van der Waals surface area contributed by atoms with Crippen LogP contribution in [0.1, 0.15) is 55.8 Å². The lowest BCUT2D eigenvalue weighted by atomic mass is 10.1. The lowest BCUT2D eigenvalue weighted by Gasteiger charge is -2.12. The Labute approximate surface area is 155 Å². The SMILES string of the molecule is CCCCCCCCOC(=O)c1ccccc1OC(=COC)C(=O)OC. The molecule has 0 saturated carbocycles. The zero-order valence-electron chi connectivity index (χ0n) is 15.8. The van der Waals surface area contributed by atoms with Crippen LogP contribution in [0.15, 0.2) is 36.3 Å². The summed E-state index contributed by atoms with van der Waals surface area (Å²) < 4.78 is 20.3. The first kappa shape index (κ1) is 21.5. The van der Waals surface area contributed by atoms with E-state index in [0.717, 1.165) is 25.5 Å². The van der Waals surface area contributed by atoms with Gasteiger partial charge < -0.3 is 18.9 Å². The Morgan fingerprint density at radius 1 is 1.00 bits per heavy atom. The molecule has 0 atom stereocenters. The van der Waals surface area contributed by atoms with Gasteiger partial charge in [-0.15, -0.1) is 0 Å². The van der Waals surface area contributed by atoms with E-state index >= 15 is 0 Å². The minimum absolute atomic E-state index is 0.161. The van der Waals surface area contributed by atoms with E-state index in [1.165, 1.54) is 33.5 Å². The summed E-state index contributed by atoms with van der Waals surface area (Å²) in [6.07, 6.45) is 7.78. The number of carbonyl (C=O) groups is 2.